The summed E-state index contributed by atoms with van der Waals surface area (Å²) in [7, 11) is 0. The molecule has 0 saturated heterocycles. The van der Waals surface area contributed by atoms with Crippen LogP contribution in [0.2, 0.25) is 0 Å². The number of aromatic nitrogens is 2. The van der Waals surface area contributed by atoms with E-state index in [4.69, 9.17) is 9.47 Å². The number of esters is 2. The Bertz CT molecular complexity index is 703. The number of nitrogens with zero attached hydrogens (tertiary/aromatic N) is 2. The van der Waals surface area contributed by atoms with Crippen LogP contribution >= 0.6 is 0 Å². The predicted molar refractivity (Wildman–Crippen MR) is 129 cm³/mol. The fourth-order valence-electron chi connectivity index (χ4n) is 3.61. The Balaban J connectivity index is 1.27. The highest BCUT2D eigenvalue weighted by Gasteiger charge is 2.06. The number of ether oxygens (including phenoxy) is 2. The molecule has 0 aliphatic heterocycles. The number of carbonyl (C=O) groups excluding carboxylic acids is 2. The Morgan fingerprint density at radius 3 is 1.18 bits per heavy atom. The second kappa shape index (κ2) is 17.8. The van der Waals surface area contributed by atoms with Crippen LogP contribution in [0.15, 0.2) is 49.1 Å². The first-order valence-electron chi connectivity index (χ1n) is 12.4. The van der Waals surface area contributed by atoms with Crippen molar-refractivity contribution in [3.63, 3.8) is 0 Å². The van der Waals surface area contributed by atoms with Crippen LogP contribution in [-0.4, -0.2) is 35.1 Å². The third kappa shape index (κ3) is 12.8. The summed E-state index contributed by atoms with van der Waals surface area (Å²) in [6.07, 6.45) is 21.9. The first-order chi connectivity index (χ1) is 16.3. The van der Waals surface area contributed by atoms with Crippen LogP contribution < -0.4 is 0 Å². The molecule has 6 nitrogen and oxygen atoms in total. The predicted octanol–water partition coefficient (Wildman–Crippen LogP) is 6.56. The van der Waals surface area contributed by atoms with Crippen molar-refractivity contribution in [1.29, 1.82) is 0 Å². The third-order valence-corrected chi connectivity index (χ3v) is 5.55. The number of rotatable bonds is 18. The van der Waals surface area contributed by atoms with E-state index in [0.717, 1.165) is 25.7 Å². The minimum Gasteiger partial charge on any atom is -0.462 e. The number of unbranched alkanes of at least 4 members (excludes halogenated alkanes) is 12. The average Bonchev–Trinajstić information content (AvgIpc) is 2.86. The molecule has 180 valence electrons. The second-order valence-electron chi connectivity index (χ2n) is 8.35. The van der Waals surface area contributed by atoms with Crippen molar-refractivity contribution in [2.45, 2.75) is 83.5 Å². The zero-order chi connectivity index (χ0) is 23.4. The molecule has 0 aliphatic carbocycles. The van der Waals surface area contributed by atoms with Crippen molar-refractivity contribution in [2.75, 3.05) is 13.2 Å². The lowest BCUT2D eigenvalue weighted by atomic mass is 10.0. The van der Waals surface area contributed by atoms with Crippen molar-refractivity contribution in [3.05, 3.63) is 60.2 Å². The fourth-order valence-corrected chi connectivity index (χ4v) is 3.61. The molecule has 0 spiro atoms. The van der Waals surface area contributed by atoms with Crippen LogP contribution in [0.4, 0.5) is 0 Å². The van der Waals surface area contributed by atoms with Gasteiger partial charge in [-0.2, -0.15) is 0 Å². The van der Waals surface area contributed by atoms with Gasteiger partial charge in [0, 0.05) is 24.8 Å². The smallest absolute Gasteiger partial charge is 0.339 e. The third-order valence-electron chi connectivity index (χ3n) is 5.55. The van der Waals surface area contributed by atoms with Crippen molar-refractivity contribution < 1.29 is 19.1 Å². The molecule has 0 fully saturated rings. The molecule has 2 heterocycles. The van der Waals surface area contributed by atoms with Gasteiger partial charge in [-0.25, -0.2) is 9.59 Å². The van der Waals surface area contributed by atoms with Gasteiger partial charge >= 0.3 is 11.9 Å². The summed E-state index contributed by atoms with van der Waals surface area (Å²) in [4.78, 5) is 31.4. The molecule has 6 heteroatoms. The maximum absolute atomic E-state index is 11.8. The molecular formula is C27H38N2O4. The van der Waals surface area contributed by atoms with E-state index in [0.29, 0.717) is 24.3 Å². The normalized spacial score (nSPS) is 10.7. The minimum absolute atomic E-state index is 0.285. The highest BCUT2D eigenvalue weighted by molar-refractivity contribution is 5.89. The Morgan fingerprint density at radius 1 is 0.545 bits per heavy atom. The first-order valence-corrected chi connectivity index (χ1v) is 12.4. The standard InChI is InChI=1S/C27H38N2O4/c30-26(24-16-14-18-28-22-24)32-20-12-10-8-6-4-2-1-3-5-7-9-11-13-21-33-27(31)25-17-15-19-29-23-25/h14-19,22-23H,1-13,20-21H2. The van der Waals surface area contributed by atoms with Crippen molar-refractivity contribution in [2.24, 2.45) is 0 Å². The van der Waals surface area contributed by atoms with E-state index >= 15 is 0 Å². The number of carbonyl (C=O) groups is 2. The summed E-state index contributed by atoms with van der Waals surface area (Å²) in [6.45, 7) is 0.974. The summed E-state index contributed by atoms with van der Waals surface area (Å²) in [5, 5.41) is 0. The van der Waals surface area contributed by atoms with Crippen LogP contribution in [0.1, 0.15) is 104 Å². The highest BCUT2D eigenvalue weighted by atomic mass is 16.5. The van der Waals surface area contributed by atoms with Crippen LogP contribution in [0.3, 0.4) is 0 Å². The molecule has 0 radical (unpaired) electrons. The lowest BCUT2D eigenvalue weighted by molar-refractivity contribution is 0.0488. The number of hydrogen-bond acceptors (Lipinski definition) is 6. The molecule has 2 aromatic heterocycles. The zero-order valence-corrected chi connectivity index (χ0v) is 19.8. The molecule has 0 unspecified atom stereocenters. The Morgan fingerprint density at radius 2 is 0.879 bits per heavy atom. The minimum atomic E-state index is -0.285. The lowest BCUT2D eigenvalue weighted by Gasteiger charge is -2.05. The lowest BCUT2D eigenvalue weighted by Crippen LogP contribution is -2.06. The number of pyridine rings is 2. The first kappa shape index (κ1) is 26.5. The molecule has 0 atom stereocenters. The molecule has 0 amide bonds. The fraction of sp³-hybridized carbons (Fsp3) is 0.556. The second-order valence-corrected chi connectivity index (χ2v) is 8.35. The van der Waals surface area contributed by atoms with E-state index in [1.807, 2.05) is 0 Å². The van der Waals surface area contributed by atoms with Gasteiger partial charge in [-0.05, 0) is 37.1 Å². The molecule has 0 N–H and O–H groups in total. The Kier molecular flexibility index (Phi) is 14.3. The average molecular weight is 455 g/mol. The number of hydrogen-bond donors (Lipinski definition) is 0. The maximum atomic E-state index is 11.8. The van der Waals surface area contributed by atoms with Gasteiger partial charge in [0.25, 0.3) is 0 Å². The molecule has 0 aliphatic rings. The largest absolute Gasteiger partial charge is 0.462 e. The van der Waals surface area contributed by atoms with E-state index in [9.17, 15) is 9.59 Å². The monoisotopic (exact) mass is 454 g/mol. The van der Waals surface area contributed by atoms with Crippen molar-refractivity contribution in [3.8, 4) is 0 Å². The van der Waals surface area contributed by atoms with E-state index in [-0.39, 0.29) is 11.9 Å². The molecule has 0 aromatic carbocycles. The summed E-state index contributed by atoms with van der Waals surface area (Å²) in [5.74, 6) is -0.570. The van der Waals surface area contributed by atoms with E-state index in [2.05, 4.69) is 9.97 Å². The van der Waals surface area contributed by atoms with Crippen molar-refractivity contribution >= 4 is 11.9 Å². The van der Waals surface area contributed by atoms with Gasteiger partial charge in [0.1, 0.15) is 0 Å². The van der Waals surface area contributed by atoms with Gasteiger partial charge in [0.2, 0.25) is 0 Å². The maximum Gasteiger partial charge on any atom is 0.339 e. The van der Waals surface area contributed by atoms with Crippen molar-refractivity contribution in [1.82, 2.24) is 9.97 Å². The van der Waals surface area contributed by atoms with Crippen LogP contribution in [0, 0.1) is 0 Å². The summed E-state index contributed by atoms with van der Waals surface area (Å²) >= 11 is 0. The summed E-state index contributed by atoms with van der Waals surface area (Å²) in [6, 6.07) is 6.92. The molecule has 33 heavy (non-hydrogen) atoms. The van der Waals surface area contributed by atoms with E-state index in [1.54, 1.807) is 36.7 Å². The summed E-state index contributed by atoms with van der Waals surface area (Å²) in [5.41, 5.74) is 1.03. The van der Waals surface area contributed by atoms with Gasteiger partial charge in [-0.15, -0.1) is 0 Å². The topological polar surface area (TPSA) is 78.4 Å². The zero-order valence-electron chi connectivity index (χ0n) is 19.8. The summed E-state index contributed by atoms with van der Waals surface area (Å²) < 4.78 is 10.5. The Hall–Kier alpha value is -2.76. The van der Waals surface area contributed by atoms with Gasteiger partial charge in [-0.1, -0.05) is 70.6 Å². The SMILES string of the molecule is O=C(OCCCCCCCCCCCCCCCOC(=O)c1cccnc1)c1cccnc1. The molecule has 0 saturated carbocycles. The molecular weight excluding hydrogens is 416 g/mol. The van der Waals surface area contributed by atoms with Gasteiger partial charge in [-0.3, -0.25) is 9.97 Å². The van der Waals surface area contributed by atoms with Gasteiger partial charge < -0.3 is 9.47 Å². The van der Waals surface area contributed by atoms with Crippen LogP contribution in [0.25, 0.3) is 0 Å². The van der Waals surface area contributed by atoms with E-state index in [1.165, 1.54) is 70.2 Å². The van der Waals surface area contributed by atoms with Gasteiger partial charge in [0.15, 0.2) is 0 Å². The molecule has 2 aromatic rings. The Labute approximate surface area is 198 Å². The quantitative estimate of drug-likeness (QED) is 0.187. The molecule has 0 bridgehead atoms. The van der Waals surface area contributed by atoms with Crippen LogP contribution in [-0.2, 0) is 9.47 Å². The van der Waals surface area contributed by atoms with Crippen LogP contribution in [0.5, 0.6) is 0 Å². The van der Waals surface area contributed by atoms with E-state index < -0.39 is 0 Å². The molecule has 2 rings (SSSR count). The highest BCUT2D eigenvalue weighted by Crippen LogP contribution is 2.13. The van der Waals surface area contributed by atoms with Gasteiger partial charge in [0.05, 0.1) is 24.3 Å².